The molecule has 0 bridgehead atoms. The predicted molar refractivity (Wildman–Crippen MR) is 209 cm³/mol. The van der Waals surface area contributed by atoms with Crippen LogP contribution in [0.4, 0.5) is 0 Å². The van der Waals surface area contributed by atoms with Gasteiger partial charge in [0.15, 0.2) is 0 Å². The van der Waals surface area contributed by atoms with Crippen LogP contribution in [0.2, 0.25) is 0 Å². The highest BCUT2D eigenvalue weighted by Gasteiger charge is 2.14. The van der Waals surface area contributed by atoms with Gasteiger partial charge in [-0.3, -0.25) is 9.59 Å². The van der Waals surface area contributed by atoms with Crippen molar-refractivity contribution in [3.8, 4) is 0 Å². The first-order valence-electron chi connectivity index (χ1n) is 21.6. The van der Waals surface area contributed by atoms with Crippen molar-refractivity contribution in [2.24, 2.45) is 0 Å². The van der Waals surface area contributed by atoms with Gasteiger partial charge in [-0.15, -0.1) is 0 Å². The van der Waals surface area contributed by atoms with Crippen LogP contribution in [0, 0.1) is 0 Å². The monoisotopic (exact) mass is 696 g/mol. The van der Waals surface area contributed by atoms with Gasteiger partial charge < -0.3 is 19.5 Å². The summed E-state index contributed by atoms with van der Waals surface area (Å²) >= 11 is 0. The van der Waals surface area contributed by atoms with Gasteiger partial charge in [-0.25, -0.2) is 0 Å². The first kappa shape index (κ1) is 47.9. The Labute approximate surface area is 305 Å². The smallest absolute Gasteiger partial charge is 0.306 e. The molecule has 0 fully saturated rings. The number of hydrogen-bond acceptors (Lipinski definition) is 6. The van der Waals surface area contributed by atoms with Gasteiger partial charge >= 0.3 is 11.9 Å². The van der Waals surface area contributed by atoms with Crippen LogP contribution < -0.4 is 0 Å². The van der Waals surface area contributed by atoms with Crippen molar-refractivity contribution in [1.82, 2.24) is 4.90 Å². The van der Waals surface area contributed by atoms with Crippen molar-refractivity contribution < 1.29 is 24.2 Å². The number of esters is 2. The molecule has 0 aliphatic heterocycles. The molecule has 0 saturated heterocycles. The first-order chi connectivity index (χ1) is 23.9. The zero-order valence-electron chi connectivity index (χ0n) is 33.4. The second kappa shape index (κ2) is 38.1. The lowest BCUT2D eigenvalue weighted by Gasteiger charge is -2.20. The van der Waals surface area contributed by atoms with Crippen LogP contribution in [-0.2, 0) is 19.1 Å². The maximum absolute atomic E-state index is 12.6. The fourth-order valence-electron chi connectivity index (χ4n) is 6.68. The maximum Gasteiger partial charge on any atom is 0.306 e. The van der Waals surface area contributed by atoms with Gasteiger partial charge in [0.25, 0.3) is 0 Å². The van der Waals surface area contributed by atoms with E-state index in [-0.39, 0.29) is 24.1 Å². The zero-order valence-corrected chi connectivity index (χ0v) is 33.4. The molecule has 0 aromatic heterocycles. The minimum absolute atomic E-state index is 0.00872. The number of aliphatic hydroxyl groups excluding tert-OH is 1. The van der Waals surface area contributed by atoms with Gasteiger partial charge in [0.2, 0.25) is 0 Å². The van der Waals surface area contributed by atoms with E-state index in [4.69, 9.17) is 9.47 Å². The Morgan fingerprint density at radius 3 is 1.47 bits per heavy atom. The average molecular weight is 696 g/mol. The molecular formula is C43H85NO5. The van der Waals surface area contributed by atoms with Crippen molar-refractivity contribution >= 4 is 11.9 Å². The molecule has 0 saturated carbocycles. The van der Waals surface area contributed by atoms with E-state index >= 15 is 0 Å². The molecular weight excluding hydrogens is 610 g/mol. The number of rotatable bonds is 39. The molecule has 0 aromatic rings. The topological polar surface area (TPSA) is 76.1 Å². The summed E-state index contributed by atoms with van der Waals surface area (Å²) in [5, 5.41) is 10.5. The van der Waals surface area contributed by atoms with Gasteiger partial charge in [0.05, 0.1) is 12.7 Å². The third-order valence-electron chi connectivity index (χ3n) is 9.93. The summed E-state index contributed by atoms with van der Waals surface area (Å²) in [6.07, 6.45) is 35.8. The summed E-state index contributed by atoms with van der Waals surface area (Å²) in [7, 11) is 2.09. The molecule has 0 rings (SSSR count). The lowest BCUT2D eigenvalue weighted by molar-refractivity contribution is -0.150. The SMILES string of the molecule is CCCCCCCCCOC(=O)CCCCCC(O)CN(C)CCCCCCCC(=O)OC(CCCCCCCC)CCCCCCCC. The molecule has 0 aromatic carbocycles. The van der Waals surface area contributed by atoms with E-state index in [0.717, 1.165) is 90.0 Å². The molecule has 0 radical (unpaired) electrons. The number of carbonyl (C=O) groups excluding carboxylic acids is 2. The molecule has 1 unspecified atom stereocenters. The van der Waals surface area contributed by atoms with Crippen LogP contribution in [0.3, 0.4) is 0 Å². The minimum Gasteiger partial charge on any atom is -0.466 e. The minimum atomic E-state index is -0.314. The number of carbonyl (C=O) groups is 2. The van der Waals surface area contributed by atoms with E-state index in [2.05, 4.69) is 32.7 Å². The molecule has 49 heavy (non-hydrogen) atoms. The summed E-state index contributed by atoms with van der Waals surface area (Å²) in [6, 6.07) is 0. The van der Waals surface area contributed by atoms with E-state index in [1.165, 1.54) is 109 Å². The first-order valence-corrected chi connectivity index (χ1v) is 21.6. The van der Waals surface area contributed by atoms with Gasteiger partial charge in [0.1, 0.15) is 6.10 Å². The number of unbranched alkanes of at least 4 members (excludes halogenated alkanes) is 22. The van der Waals surface area contributed by atoms with Crippen LogP contribution in [0.1, 0.15) is 226 Å². The molecule has 6 heteroatoms. The van der Waals surface area contributed by atoms with Crippen molar-refractivity contribution in [3.05, 3.63) is 0 Å². The van der Waals surface area contributed by atoms with E-state index in [1.54, 1.807) is 0 Å². The molecule has 0 heterocycles. The zero-order chi connectivity index (χ0) is 36.0. The van der Waals surface area contributed by atoms with E-state index in [1.807, 2.05) is 0 Å². The fraction of sp³-hybridized carbons (Fsp3) is 0.953. The van der Waals surface area contributed by atoms with Crippen molar-refractivity contribution in [2.45, 2.75) is 238 Å². The fourth-order valence-corrected chi connectivity index (χ4v) is 6.68. The third-order valence-corrected chi connectivity index (χ3v) is 9.93. The Balaban J connectivity index is 3.85. The molecule has 0 spiro atoms. The Kier molecular flexibility index (Phi) is 37.2. The van der Waals surface area contributed by atoms with Crippen LogP contribution >= 0.6 is 0 Å². The standard InChI is InChI=1S/C43H85NO5/c1-5-8-11-14-17-23-31-38-48-42(46)35-29-24-25-32-40(45)39-44(4)37-30-22-18-21-28-36-43(47)49-41(33-26-19-15-12-9-6-2)34-27-20-16-13-10-7-3/h40-41,45H,5-39H2,1-4H3. The molecule has 292 valence electrons. The van der Waals surface area contributed by atoms with Crippen molar-refractivity contribution in [2.75, 3.05) is 26.7 Å². The summed E-state index contributed by atoms with van der Waals surface area (Å²) in [6.45, 7) is 9.00. The summed E-state index contributed by atoms with van der Waals surface area (Å²) in [4.78, 5) is 26.8. The second-order valence-electron chi connectivity index (χ2n) is 15.1. The third kappa shape index (κ3) is 36.5. The van der Waals surface area contributed by atoms with Gasteiger partial charge in [-0.1, -0.05) is 156 Å². The Morgan fingerprint density at radius 2 is 0.918 bits per heavy atom. The highest BCUT2D eigenvalue weighted by Crippen LogP contribution is 2.18. The molecule has 0 aliphatic rings. The number of likely N-dealkylation sites (N-methyl/N-ethyl adjacent to an activating group) is 1. The summed E-state index contributed by atoms with van der Waals surface area (Å²) in [5.74, 6) is -0.0631. The van der Waals surface area contributed by atoms with Gasteiger partial charge in [-0.2, -0.15) is 0 Å². The summed E-state index contributed by atoms with van der Waals surface area (Å²) in [5.41, 5.74) is 0. The van der Waals surface area contributed by atoms with Crippen molar-refractivity contribution in [1.29, 1.82) is 0 Å². The Bertz CT molecular complexity index is 686. The van der Waals surface area contributed by atoms with E-state index in [0.29, 0.717) is 26.0 Å². The lowest BCUT2D eigenvalue weighted by Crippen LogP contribution is -2.29. The van der Waals surface area contributed by atoms with Crippen LogP contribution in [0.5, 0.6) is 0 Å². The van der Waals surface area contributed by atoms with Crippen LogP contribution in [0.15, 0.2) is 0 Å². The predicted octanol–water partition coefficient (Wildman–Crippen LogP) is 12.3. The summed E-state index contributed by atoms with van der Waals surface area (Å²) < 4.78 is 11.4. The van der Waals surface area contributed by atoms with Gasteiger partial charge in [-0.05, 0) is 71.4 Å². The molecule has 1 atom stereocenters. The Morgan fingerprint density at radius 1 is 0.510 bits per heavy atom. The molecule has 6 nitrogen and oxygen atoms in total. The van der Waals surface area contributed by atoms with Crippen LogP contribution in [-0.4, -0.2) is 60.9 Å². The second-order valence-corrected chi connectivity index (χ2v) is 15.1. The number of hydrogen-bond donors (Lipinski definition) is 1. The normalized spacial score (nSPS) is 12.2. The van der Waals surface area contributed by atoms with E-state index in [9.17, 15) is 14.7 Å². The maximum atomic E-state index is 12.6. The lowest BCUT2D eigenvalue weighted by atomic mass is 10.0. The number of aliphatic hydroxyl groups is 1. The Hall–Kier alpha value is -1.14. The quantitative estimate of drug-likeness (QED) is 0.0509. The largest absolute Gasteiger partial charge is 0.466 e. The van der Waals surface area contributed by atoms with Gasteiger partial charge in [0, 0.05) is 19.4 Å². The van der Waals surface area contributed by atoms with Crippen LogP contribution in [0.25, 0.3) is 0 Å². The average Bonchev–Trinajstić information content (AvgIpc) is 3.08. The molecule has 0 aliphatic carbocycles. The number of ether oxygens (including phenoxy) is 2. The van der Waals surface area contributed by atoms with E-state index < -0.39 is 0 Å². The highest BCUT2D eigenvalue weighted by molar-refractivity contribution is 5.69. The molecule has 1 N–H and O–H groups in total. The van der Waals surface area contributed by atoms with Crippen molar-refractivity contribution in [3.63, 3.8) is 0 Å². The number of nitrogens with zero attached hydrogens (tertiary/aromatic N) is 1. The molecule has 0 amide bonds. The highest BCUT2D eigenvalue weighted by atomic mass is 16.5.